The summed E-state index contributed by atoms with van der Waals surface area (Å²) in [6.07, 6.45) is 0. The normalized spacial score (nSPS) is 17.2. The van der Waals surface area contributed by atoms with E-state index in [0.29, 0.717) is 11.5 Å². The zero-order chi connectivity index (χ0) is 20.2. The van der Waals surface area contributed by atoms with Crippen molar-refractivity contribution in [2.45, 2.75) is 12.9 Å². The second kappa shape index (κ2) is 12.0. The number of carboxylic acid groups (broad SMARTS) is 2. The Morgan fingerprint density at radius 1 is 1.41 bits per heavy atom. The summed E-state index contributed by atoms with van der Waals surface area (Å²) < 4.78 is 10.3. The molecule has 0 aliphatic carbocycles. The van der Waals surface area contributed by atoms with Gasteiger partial charge >= 0.3 is 13.1 Å². The number of ether oxygens (including phenoxy) is 1. The van der Waals surface area contributed by atoms with Gasteiger partial charge in [0, 0.05) is 6.92 Å². The number of aliphatic carboxylic acids is 2. The van der Waals surface area contributed by atoms with Gasteiger partial charge in [-0.2, -0.15) is 0 Å². The van der Waals surface area contributed by atoms with Gasteiger partial charge < -0.3 is 34.8 Å². The van der Waals surface area contributed by atoms with Crippen LogP contribution in [0, 0.1) is 0 Å². The van der Waals surface area contributed by atoms with Crippen LogP contribution in [-0.2, 0) is 28.6 Å². The number of carbonyl (C=O) groups is 3. The molecular formula is C14H19BN2O9S. The zero-order valence-corrected chi connectivity index (χ0v) is 15.2. The van der Waals surface area contributed by atoms with Crippen molar-refractivity contribution in [3.05, 3.63) is 22.4 Å². The van der Waals surface area contributed by atoms with Gasteiger partial charge in [0.1, 0.15) is 0 Å². The van der Waals surface area contributed by atoms with Crippen molar-refractivity contribution in [2.24, 2.45) is 5.16 Å². The Bertz CT molecular complexity index is 649. The minimum atomic E-state index is -1.21. The molecule has 27 heavy (non-hydrogen) atoms. The number of hydrogen-bond acceptors (Lipinski definition) is 9. The van der Waals surface area contributed by atoms with Gasteiger partial charge in [0.15, 0.2) is 5.71 Å². The summed E-state index contributed by atoms with van der Waals surface area (Å²) in [7, 11) is -1.20. The second-order valence-corrected chi connectivity index (χ2v) is 5.97. The number of rotatable bonds is 6. The topological polar surface area (TPSA) is 164 Å². The molecule has 13 heteroatoms. The van der Waals surface area contributed by atoms with E-state index in [1.807, 2.05) is 0 Å². The summed E-state index contributed by atoms with van der Waals surface area (Å²) >= 11 is 1.24. The summed E-state index contributed by atoms with van der Waals surface area (Å²) in [5.41, 5.74) is -0.0855. The third kappa shape index (κ3) is 9.14. The lowest BCUT2D eigenvalue weighted by molar-refractivity contribution is -0.142. The Kier molecular flexibility index (Phi) is 10.0. The van der Waals surface area contributed by atoms with Gasteiger partial charge in [-0.25, -0.2) is 4.79 Å². The van der Waals surface area contributed by atoms with Gasteiger partial charge in [0.05, 0.1) is 30.6 Å². The van der Waals surface area contributed by atoms with Gasteiger partial charge in [-0.3, -0.25) is 9.59 Å². The van der Waals surface area contributed by atoms with E-state index in [2.05, 4.69) is 15.3 Å². The molecule has 1 amide bonds. The van der Waals surface area contributed by atoms with Gasteiger partial charge in [-0.1, -0.05) is 11.2 Å². The molecule has 0 saturated carbocycles. The number of oxime groups is 1. The highest BCUT2D eigenvalue weighted by Gasteiger charge is 2.32. The molecule has 0 radical (unpaired) electrons. The Balaban J connectivity index is 0.000000828. The molecule has 1 aromatic heterocycles. The first-order valence-electron chi connectivity index (χ1n) is 7.64. The SMILES string of the molecule is CC(=O)O.O=C(O)CO/N=C(/C(=O)NC1COCCOB1O)c1cccs1. The van der Waals surface area contributed by atoms with Crippen LogP contribution in [0.25, 0.3) is 0 Å². The summed E-state index contributed by atoms with van der Waals surface area (Å²) in [6, 6.07) is 3.36. The summed E-state index contributed by atoms with van der Waals surface area (Å²) in [5.74, 6) is -3.44. The predicted molar refractivity (Wildman–Crippen MR) is 94.4 cm³/mol. The van der Waals surface area contributed by atoms with Crippen LogP contribution in [0.2, 0.25) is 0 Å². The molecule has 148 valence electrons. The van der Waals surface area contributed by atoms with Crippen molar-refractivity contribution >= 4 is 42.0 Å². The number of nitrogens with one attached hydrogen (secondary N) is 1. The van der Waals surface area contributed by atoms with Crippen molar-refractivity contribution in [1.29, 1.82) is 0 Å². The quantitative estimate of drug-likeness (QED) is 0.271. The maximum Gasteiger partial charge on any atom is 0.480 e. The lowest BCUT2D eigenvalue weighted by atomic mass is 9.79. The van der Waals surface area contributed by atoms with Crippen LogP contribution < -0.4 is 5.32 Å². The average Bonchev–Trinajstić information content (AvgIpc) is 3.03. The van der Waals surface area contributed by atoms with Crippen molar-refractivity contribution in [3.8, 4) is 0 Å². The highest BCUT2D eigenvalue weighted by atomic mass is 32.1. The summed E-state index contributed by atoms with van der Waals surface area (Å²) in [6.45, 7) is 1.04. The lowest BCUT2D eigenvalue weighted by Gasteiger charge is -2.17. The van der Waals surface area contributed by atoms with E-state index in [9.17, 15) is 14.6 Å². The Morgan fingerprint density at radius 2 is 2.11 bits per heavy atom. The molecule has 11 nitrogen and oxygen atoms in total. The maximum absolute atomic E-state index is 12.4. The number of carbonyl (C=O) groups excluding carboxylic acids is 1. The number of hydrogen-bond donors (Lipinski definition) is 4. The van der Waals surface area contributed by atoms with Crippen LogP contribution >= 0.6 is 11.3 Å². The largest absolute Gasteiger partial charge is 0.481 e. The minimum absolute atomic E-state index is 0.0839. The third-order valence-electron chi connectivity index (χ3n) is 2.79. The van der Waals surface area contributed by atoms with E-state index in [4.69, 9.17) is 24.4 Å². The second-order valence-electron chi connectivity index (χ2n) is 5.02. The Labute approximate surface area is 158 Å². The number of amides is 1. The Hall–Kier alpha value is -2.48. The first-order valence-corrected chi connectivity index (χ1v) is 8.52. The maximum atomic E-state index is 12.4. The molecule has 4 N–H and O–H groups in total. The minimum Gasteiger partial charge on any atom is -0.481 e. The fourth-order valence-electron chi connectivity index (χ4n) is 1.75. The molecule has 1 atom stereocenters. The highest BCUT2D eigenvalue weighted by molar-refractivity contribution is 7.13. The molecule has 2 rings (SSSR count). The predicted octanol–water partition coefficient (Wildman–Crippen LogP) is -0.804. The zero-order valence-electron chi connectivity index (χ0n) is 14.4. The number of thiophene rings is 1. The summed E-state index contributed by atoms with van der Waals surface area (Å²) in [5, 5.41) is 33.7. The molecule has 1 aliphatic rings. The van der Waals surface area contributed by atoms with Gasteiger partial charge in [0.25, 0.3) is 11.9 Å². The first kappa shape index (κ1) is 22.6. The summed E-state index contributed by atoms with van der Waals surface area (Å²) in [4.78, 5) is 37.0. The monoisotopic (exact) mass is 402 g/mol. The van der Waals surface area contributed by atoms with Crippen molar-refractivity contribution in [2.75, 3.05) is 26.4 Å². The van der Waals surface area contributed by atoms with Crippen LogP contribution in [0.3, 0.4) is 0 Å². The standard InChI is InChI=1S/C12H15BN2O7S.C2H4O2/c16-10(17)7-22-15-11(8-2-1-5-23-8)12(18)14-9-6-20-3-4-21-13(9)19;1-2(3)4/h1-2,5,9,19H,3-4,6-7H2,(H,14,18)(H,16,17);1H3,(H,3,4)/b15-11+;. The van der Waals surface area contributed by atoms with Crippen molar-refractivity contribution < 1.29 is 43.8 Å². The molecule has 0 bridgehead atoms. The highest BCUT2D eigenvalue weighted by Crippen LogP contribution is 2.11. The van der Waals surface area contributed by atoms with E-state index < -0.39 is 37.5 Å². The van der Waals surface area contributed by atoms with E-state index in [1.165, 1.54) is 11.3 Å². The van der Waals surface area contributed by atoms with Crippen LogP contribution in [0.5, 0.6) is 0 Å². The average molecular weight is 402 g/mol. The van der Waals surface area contributed by atoms with Gasteiger partial charge in [-0.15, -0.1) is 11.3 Å². The first-order chi connectivity index (χ1) is 12.8. The van der Waals surface area contributed by atoms with Crippen LogP contribution in [-0.4, -0.2) is 78.3 Å². The molecule has 1 saturated heterocycles. The van der Waals surface area contributed by atoms with E-state index >= 15 is 0 Å². The van der Waals surface area contributed by atoms with Crippen LogP contribution in [0.1, 0.15) is 11.8 Å². The van der Waals surface area contributed by atoms with Crippen molar-refractivity contribution in [1.82, 2.24) is 5.32 Å². The number of nitrogens with zero attached hydrogens (tertiary/aromatic N) is 1. The fourth-order valence-corrected chi connectivity index (χ4v) is 2.45. The molecule has 1 fully saturated rings. The van der Waals surface area contributed by atoms with Crippen molar-refractivity contribution in [3.63, 3.8) is 0 Å². The molecule has 2 heterocycles. The lowest BCUT2D eigenvalue weighted by Crippen LogP contribution is -2.51. The van der Waals surface area contributed by atoms with Gasteiger partial charge in [0.2, 0.25) is 6.61 Å². The molecule has 1 aliphatic heterocycles. The molecule has 0 aromatic carbocycles. The van der Waals surface area contributed by atoms with E-state index in [1.54, 1.807) is 17.5 Å². The van der Waals surface area contributed by atoms with Gasteiger partial charge in [-0.05, 0) is 11.4 Å². The smallest absolute Gasteiger partial charge is 0.480 e. The molecular weight excluding hydrogens is 383 g/mol. The Morgan fingerprint density at radius 3 is 2.70 bits per heavy atom. The molecule has 0 spiro atoms. The number of carboxylic acids is 2. The van der Waals surface area contributed by atoms with E-state index in [0.717, 1.165) is 6.92 Å². The van der Waals surface area contributed by atoms with Crippen LogP contribution in [0.15, 0.2) is 22.7 Å². The molecule has 1 aromatic rings. The van der Waals surface area contributed by atoms with E-state index in [-0.39, 0.29) is 18.9 Å². The van der Waals surface area contributed by atoms with Crippen LogP contribution in [0.4, 0.5) is 0 Å². The fraction of sp³-hybridized carbons (Fsp3) is 0.429. The molecule has 1 unspecified atom stereocenters. The third-order valence-corrected chi connectivity index (χ3v) is 3.66.